The van der Waals surface area contributed by atoms with Gasteiger partial charge in [-0.25, -0.2) is 0 Å². The van der Waals surface area contributed by atoms with Gasteiger partial charge in [0, 0.05) is 48.0 Å². The fourth-order valence-electron chi connectivity index (χ4n) is 11.0. The Morgan fingerprint density at radius 1 is 0.482 bits per heavy atom. The Labute approximate surface area is 344 Å². The van der Waals surface area contributed by atoms with Crippen LogP contribution in [0.4, 0.5) is 0 Å². The maximum Gasteiger partial charge on any atom is 0.194 e. The topological polar surface area (TPSA) is 17.1 Å². The standard InChI is InChI=1S/C51H54OS2Si2/c1-29(2)55(30(3)4,31(5)6)23-21-35-25-37-18-20-40-49-45(37)41(27-35)47(51-53-43-15-13-14-16-44(43)54-51)39-19-17-38-26-36(28-42(50(40)52)46(38)48(39)49)22-24-56(32(7)8,33(9)10)34(11)12/h13-20,25-34H,1-12H3. The minimum atomic E-state index is -1.96. The van der Waals surface area contributed by atoms with E-state index in [1.807, 2.05) is 23.5 Å². The molecule has 0 radical (unpaired) electrons. The molecule has 8 rings (SSSR count). The van der Waals surface area contributed by atoms with Gasteiger partial charge in [0.05, 0.1) is 4.24 Å². The molecule has 284 valence electrons. The van der Waals surface area contributed by atoms with Crippen molar-refractivity contribution in [2.45, 2.75) is 126 Å². The molecule has 0 spiro atoms. The summed E-state index contributed by atoms with van der Waals surface area (Å²) >= 11 is 3.75. The van der Waals surface area contributed by atoms with E-state index in [0.29, 0.717) is 33.2 Å². The Balaban J connectivity index is 1.47. The highest BCUT2D eigenvalue weighted by molar-refractivity contribution is 8.32. The number of hydrogen-bond acceptors (Lipinski definition) is 3. The summed E-state index contributed by atoms with van der Waals surface area (Å²) in [6.45, 7) is 28.4. The fourth-order valence-corrected chi connectivity index (χ4v) is 24.1. The molecule has 0 atom stereocenters. The molecule has 0 saturated heterocycles. The highest BCUT2D eigenvalue weighted by atomic mass is 32.2. The van der Waals surface area contributed by atoms with E-state index >= 15 is 0 Å². The molecule has 1 heterocycles. The van der Waals surface area contributed by atoms with E-state index in [9.17, 15) is 4.79 Å². The van der Waals surface area contributed by atoms with Crippen LogP contribution in [-0.4, -0.2) is 21.9 Å². The van der Waals surface area contributed by atoms with Crippen molar-refractivity contribution in [2.75, 3.05) is 0 Å². The van der Waals surface area contributed by atoms with Crippen LogP contribution in [0.2, 0.25) is 33.2 Å². The molecule has 2 aliphatic rings. The molecule has 1 aliphatic carbocycles. The van der Waals surface area contributed by atoms with Gasteiger partial charge in [0.25, 0.3) is 0 Å². The monoisotopic (exact) mass is 802 g/mol. The number of fused-ring (bicyclic) bond motifs is 1. The zero-order chi connectivity index (χ0) is 40.0. The lowest BCUT2D eigenvalue weighted by atomic mass is 9.80. The Morgan fingerprint density at radius 2 is 0.964 bits per heavy atom. The fraction of sp³-hybridized carbons (Fsp3) is 0.353. The summed E-state index contributed by atoms with van der Waals surface area (Å²) in [6.07, 6.45) is 0. The highest BCUT2D eigenvalue weighted by Gasteiger charge is 2.43. The minimum Gasteiger partial charge on any atom is -0.289 e. The van der Waals surface area contributed by atoms with E-state index in [2.05, 4.69) is 179 Å². The normalized spacial score (nSPS) is 14.2. The lowest BCUT2D eigenvalue weighted by Gasteiger charge is -2.38. The van der Waals surface area contributed by atoms with Crippen molar-refractivity contribution in [3.63, 3.8) is 0 Å². The van der Waals surface area contributed by atoms with Crippen molar-refractivity contribution < 1.29 is 4.79 Å². The molecule has 0 aromatic heterocycles. The van der Waals surface area contributed by atoms with Gasteiger partial charge in [-0.15, -0.1) is 11.1 Å². The van der Waals surface area contributed by atoms with Gasteiger partial charge in [0.1, 0.15) is 16.1 Å². The van der Waals surface area contributed by atoms with Crippen molar-refractivity contribution >= 4 is 92.8 Å². The lowest BCUT2D eigenvalue weighted by Crippen LogP contribution is -2.43. The zero-order valence-electron chi connectivity index (χ0n) is 35.1. The van der Waals surface area contributed by atoms with E-state index in [-0.39, 0.29) is 5.78 Å². The second kappa shape index (κ2) is 14.3. The van der Waals surface area contributed by atoms with E-state index < -0.39 is 16.1 Å². The number of thioether (sulfide) groups is 2. The minimum absolute atomic E-state index is 0.102. The van der Waals surface area contributed by atoms with Crippen LogP contribution in [0.3, 0.4) is 0 Å². The Hall–Kier alpha value is -3.72. The van der Waals surface area contributed by atoms with Gasteiger partial charge in [-0.3, -0.25) is 4.79 Å². The summed E-state index contributed by atoms with van der Waals surface area (Å²) < 4.78 is 1.29. The molecule has 0 unspecified atom stereocenters. The lowest BCUT2D eigenvalue weighted by molar-refractivity contribution is 0.104. The molecular formula is C51H54OS2Si2. The third-order valence-electron chi connectivity index (χ3n) is 13.6. The van der Waals surface area contributed by atoms with E-state index in [1.54, 1.807) is 0 Å². The number of carbonyl (C=O) groups excluding carboxylic acids is 1. The summed E-state index contributed by atoms with van der Waals surface area (Å²) in [5, 5.41) is 10.4. The third-order valence-corrected chi connectivity index (χ3v) is 28.7. The molecule has 56 heavy (non-hydrogen) atoms. The Kier molecular flexibility index (Phi) is 9.98. The van der Waals surface area contributed by atoms with Gasteiger partial charge >= 0.3 is 0 Å². The van der Waals surface area contributed by atoms with Crippen LogP contribution in [0.5, 0.6) is 0 Å². The predicted molar refractivity (Wildman–Crippen MR) is 253 cm³/mol. The molecule has 1 nitrogen and oxygen atoms in total. The first-order chi connectivity index (χ1) is 26.6. The van der Waals surface area contributed by atoms with Crippen molar-refractivity contribution in [1.29, 1.82) is 0 Å². The van der Waals surface area contributed by atoms with Gasteiger partial charge in [-0.2, -0.15) is 0 Å². The third kappa shape index (κ3) is 5.79. The number of ketones is 1. The summed E-state index contributed by atoms with van der Waals surface area (Å²) in [5.41, 5.74) is 14.8. The van der Waals surface area contributed by atoms with Crippen LogP contribution in [0.25, 0.3) is 47.3 Å². The summed E-state index contributed by atoms with van der Waals surface area (Å²) in [6, 6.07) is 26.6. The summed E-state index contributed by atoms with van der Waals surface area (Å²) in [5.74, 6) is 7.59. The first-order valence-corrected chi connectivity index (χ1v) is 26.7. The smallest absolute Gasteiger partial charge is 0.194 e. The molecule has 1 aliphatic heterocycles. The molecule has 6 aromatic carbocycles. The largest absolute Gasteiger partial charge is 0.289 e. The van der Waals surface area contributed by atoms with Gasteiger partial charge in [-0.1, -0.05) is 149 Å². The predicted octanol–water partition coefficient (Wildman–Crippen LogP) is 14.7. The molecule has 5 heteroatoms. The number of carbonyl (C=O) groups is 1. The average molecular weight is 803 g/mol. The molecule has 0 bridgehead atoms. The van der Waals surface area contributed by atoms with Gasteiger partial charge in [-0.05, 0) is 108 Å². The maximum absolute atomic E-state index is 14.8. The second-order valence-electron chi connectivity index (χ2n) is 18.2. The van der Waals surface area contributed by atoms with Crippen LogP contribution in [0, 0.1) is 22.9 Å². The van der Waals surface area contributed by atoms with E-state index in [4.69, 9.17) is 0 Å². The van der Waals surface area contributed by atoms with E-state index in [1.165, 1.54) is 40.8 Å². The number of hydrogen-bond donors (Lipinski definition) is 0. The molecule has 0 amide bonds. The van der Waals surface area contributed by atoms with Crippen molar-refractivity contribution in [1.82, 2.24) is 0 Å². The maximum atomic E-state index is 14.8. The average Bonchev–Trinajstić information content (AvgIpc) is 3.57. The van der Waals surface area contributed by atoms with Gasteiger partial charge in [0.2, 0.25) is 0 Å². The van der Waals surface area contributed by atoms with Crippen LogP contribution in [-0.2, 0) is 0 Å². The SMILES string of the molecule is CC(C)[Si](C#Cc1cc2c3c(ccc4c(=C5Sc6ccccc6S5)c5cc(C#C[Si](C(C)C)(C(C)C)C(C)C)cc6ccc(c(c65)c43)C2=O)c1)(C(C)C)C(C)C. The van der Waals surface area contributed by atoms with E-state index in [0.717, 1.165) is 43.8 Å². The van der Waals surface area contributed by atoms with Gasteiger partial charge < -0.3 is 0 Å². The Bertz CT molecular complexity index is 2750. The number of rotatable bonds is 6. The quantitative estimate of drug-likeness (QED) is 0.0721. The van der Waals surface area contributed by atoms with Crippen LogP contribution in [0.1, 0.15) is 110 Å². The summed E-state index contributed by atoms with van der Waals surface area (Å²) in [4.78, 5) is 17.4. The Morgan fingerprint density at radius 3 is 1.48 bits per heavy atom. The van der Waals surface area contributed by atoms with Crippen molar-refractivity contribution in [3.05, 3.63) is 100 Å². The van der Waals surface area contributed by atoms with Crippen LogP contribution < -0.4 is 5.22 Å². The second-order valence-corrected chi connectivity index (χ2v) is 31.7. The highest BCUT2D eigenvalue weighted by Crippen LogP contribution is 2.53. The molecule has 0 fully saturated rings. The molecule has 6 aromatic rings. The first-order valence-electron chi connectivity index (χ1n) is 20.6. The van der Waals surface area contributed by atoms with Crippen molar-refractivity contribution in [3.8, 4) is 22.9 Å². The van der Waals surface area contributed by atoms with Crippen LogP contribution in [0.15, 0.2) is 82.6 Å². The molecule has 0 N–H and O–H groups in total. The summed E-state index contributed by atoms with van der Waals surface area (Å²) in [7, 11) is -3.92. The molecular weight excluding hydrogens is 749 g/mol. The molecule has 0 saturated carbocycles. The van der Waals surface area contributed by atoms with Crippen molar-refractivity contribution in [2.24, 2.45) is 0 Å². The van der Waals surface area contributed by atoms with Gasteiger partial charge in [0.15, 0.2) is 5.78 Å². The zero-order valence-corrected chi connectivity index (χ0v) is 38.8. The first kappa shape index (κ1) is 39.1. The number of benzene rings is 6. The van der Waals surface area contributed by atoms with Crippen LogP contribution >= 0.6 is 23.5 Å².